The van der Waals surface area contributed by atoms with Crippen LogP contribution >= 0.6 is 0 Å². The van der Waals surface area contributed by atoms with E-state index in [1.165, 1.54) is 24.3 Å². The zero-order chi connectivity index (χ0) is 63.6. The number of fused-ring (bicyclic) bond motifs is 1. The lowest BCUT2D eigenvalue weighted by Gasteiger charge is -2.29. The number of nitrogens with zero attached hydrogens (tertiary/aromatic N) is 1. The Morgan fingerprint density at radius 3 is 1.63 bits per heavy atom. The Morgan fingerprint density at radius 2 is 1.06 bits per heavy atom. The summed E-state index contributed by atoms with van der Waals surface area (Å²) in [7, 11) is 0. The van der Waals surface area contributed by atoms with Crippen LogP contribution in [0.3, 0.4) is 0 Å². The van der Waals surface area contributed by atoms with Crippen LogP contribution in [0.25, 0.3) is 10.9 Å². The Balaban J connectivity index is 1.40. The molecule has 4 aromatic rings. The van der Waals surface area contributed by atoms with Crippen LogP contribution in [0.1, 0.15) is 101 Å². The lowest BCUT2D eigenvalue weighted by molar-refractivity contribution is -0.139. The van der Waals surface area contributed by atoms with Gasteiger partial charge >= 0.3 is 5.97 Å². The second kappa shape index (κ2) is 34.7. The number of primary amides is 1. The number of guanidine groups is 1. The number of aromatic hydroxyl groups is 1. The number of carbonyl (C=O) groups is 10. The molecule has 1 aliphatic carbocycles. The topological polar surface area (TPSA) is 454 Å². The summed E-state index contributed by atoms with van der Waals surface area (Å²) in [4.78, 5) is 144. The predicted octanol–water partition coefficient (Wildman–Crippen LogP) is -0.815. The van der Waals surface area contributed by atoms with Crippen LogP contribution in [-0.2, 0) is 67.2 Å². The van der Waals surface area contributed by atoms with Crippen LogP contribution in [-0.4, -0.2) is 159 Å². The number of aliphatic imine (C=N–C) groups is 1. The first-order valence-electron chi connectivity index (χ1n) is 29.1. The summed E-state index contributed by atoms with van der Waals surface area (Å²) in [5.41, 5.74) is 18.9. The number of benzene rings is 3. The molecular formula is C60H83N13O14. The number of amides is 9. The molecule has 1 fully saturated rings. The summed E-state index contributed by atoms with van der Waals surface area (Å²) in [6.07, 6.45) is 4.80. The highest BCUT2D eigenvalue weighted by Crippen LogP contribution is 2.28. The number of aliphatic carboxylic acids is 1. The summed E-state index contributed by atoms with van der Waals surface area (Å²) in [5.74, 6) is -9.80. The summed E-state index contributed by atoms with van der Waals surface area (Å²) in [6.45, 7) is 1.67. The number of phenols is 1. The molecule has 8 atom stereocenters. The Kier molecular flexibility index (Phi) is 27.4. The molecule has 19 N–H and O–H groups in total. The van der Waals surface area contributed by atoms with Gasteiger partial charge in [0.05, 0.1) is 19.6 Å². The third-order valence-corrected chi connectivity index (χ3v) is 14.7. The van der Waals surface area contributed by atoms with Crippen molar-refractivity contribution in [2.24, 2.45) is 34.0 Å². The number of hydrogen-bond acceptors (Lipinski definition) is 14. The van der Waals surface area contributed by atoms with Crippen LogP contribution in [0, 0.1) is 11.8 Å². The summed E-state index contributed by atoms with van der Waals surface area (Å²) in [6, 6.07) is 9.79. The maximum absolute atomic E-state index is 14.7. The van der Waals surface area contributed by atoms with E-state index in [1.54, 1.807) is 68.6 Å². The highest BCUT2D eigenvalue weighted by molar-refractivity contribution is 5.99. The van der Waals surface area contributed by atoms with Crippen LogP contribution in [0.15, 0.2) is 90.1 Å². The smallest absolute Gasteiger partial charge is 0.303 e. The number of aliphatic hydroxyl groups is 2. The van der Waals surface area contributed by atoms with Crippen LogP contribution in [0.2, 0.25) is 0 Å². The molecule has 0 radical (unpaired) electrons. The second-order valence-electron chi connectivity index (χ2n) is 22.2. The van der Waals surface area contributed by atoms with E-state index >= 15 is 0 Å². The minimum Gasteiger partial charge on any atom is -0.508 e. The molecule has 1 aliphatic rings. The first-order valence-corrected chi connectivity index (χ1v) is 29.1. The van der Waals surface area contributed by atoms with Crippen molar-refractivity contribution < 1.29 is 68.4 Å². The Hall–Kier alpha value is -9.11. The van der Waals surface area contributed by atoms with Crippen molar-refractivity contribution in [2.75, 3.05) is 19.8 Å². The zero-order valence-corrected chi connectivity index (χ0v) is 48.9. The number of carbonyl (C=O) groups excluding carboxylic acids is 9. The van der Waals surface area contributed by atoms with E-state index in [-0.39, 0.29) is 75.0 Å². The number of phenolic OH excluding ortho intramolecular Hbond substituents is 1. The van der Waals surface area contributed by atoms with Gasteiger partial charge in [0.1, 0.15) is 54.1 Å². The minimum absolute atomic E-state index is 0.000733. The van der Waals surface area contributed by atoms with E-state index in [4.69, 9.17) is 17.2 Å². The van der Waals surface area contributed by atoms with Crippen LogP contribution in [0.5, 0.6) is 5.75 Å². The maximum Gasteiger partial charge on any atom is 0.303 e. The monoisotopic (exact) mass is 1210 g/mol. The molecule has 472 valence electrons. The van der Waals surface area contributed by atoms with E-state index in [9.17, 15) is 68.4 Å². The lowest BCUT2D eigenvalue weighted by Crippen LogP contribution is -2.61. The average Bonchev–Trinajstić information content (AvgIpc) is 3.90. The molecule has 0 spiro atoms. The third kappa shape index (κ3) is 23.0. The number of para-hydroxylation sites is 1. The van der Waals surface area contributed by atoms with Gasteiger partial charge in [-0.1, -0.05) is 107 Å². The predicted molar refractivity (Wildman–Crippen MR) is 320 cm³/mol. The van der Waals surface area contributed by atoms with Crippen molar-refractivity contribution in [3.8, 4) is 5.75 Å². The van der Waals surface area contributed by atoms with E-state index in [0.29, 0.717) is 16.7 Å². The number of aliphatic hydroxyl groups excluding tert-OH is 2. The average molecular weight is 1210 g/mol. The lowest BCUT2D eigenvalue weighted by atomic mass is 9.84. The van der Waals surface area contributed by atoms with Crippen molar-refractivity contribution in [1.29, 1.82) is 0 Å². The molecular weight excluding hydrogens is 1130 g/mol. The number of hydrogen-bond donors (Lipinski definition) is 16. The molecule has 87 heavy (non-hydrogen) atoms. The summed E-state index contributed by atoms with van der Waals surface area (Å²) < 4.78 is 0. The van der Waals surface area contributed by atoms with Gasteiger partial charge in [-0.25, -0.2) is 0 Å². The van der Waals surface area contributed by atoms with E-state index < -0.39 is 134 Å². The quantitative estimate of drug-likeness (QED) is 0.0152. The minimum atomic E-state index is -1.76. The zero-order valence-electron chi connectivity index (χ0n) is 48.9. The van der Waals surface area contributed by atoms with E-state index in [2.05, 4.69) is 52.5 Å². The maximum atomic E-state index is 14.7. The molecule has 0 aliphatic heterocycles. The number of nitrogens with two attached hydrogens (primary N) is 3. The normalized spacial score (nSPS) is 15.1. The van der Waals surface area contributed by atoms with Crippen LogP contribution in [0.4, 0.5) is 0 Å². The van der Waals surface area contributed by atoms with Gasteiger partial charge < -0.3 is 85.1 Å². The molecule has 0 bridgehead atoms. The first-order chi connectivity index (χ1) is 41.5. The Bertz CT molecular complexity index is 3000. The largest absolute Gasteiger partial charge is 0.508 e. The molecule has 27 heteroatoms. The van der Waals surface area contributed by atoms with Crippen molar-refractivity contribution in [3.63, 3.8) is 0 Å². The van der Waals surface area contributed by atoms with Crippen molar-refractivity contribution in [3.05, 3.63) is 102 Å². The van der Waals surface area contributed by atoms with Gasteiger partial charge in [-0.2, -0.15) is 0 Å². The van der Waals surface area contributed by atoms with Gasteiger partial charge in [0.25, 0.3) is 0 Å². The second-order valence-corrected chi connectivity index (χ2v) is 22.2. The van der Waals surface area contributed by atoms with Gasteiger partial charge in [0.15, 0.2) is 5.96 Å². The molecule has 9 amide bonds. The Morgan fingerprint density at radius 1 is 0.563 bits per heavy atom. The summed E-state index contributed by atoms with van der Waals surface area (Å²) in [5, 5.41) is 61.4. The SMILES string of the molecule is CC(C)C[C@H](NC(=O)[C@H](Cc1ccc(O)cc1)NC(=O)[C@@H](CCCN=C(N)N)NC(=O)[C@@H](CO)NC(=O)[C@H](Cc1ccccc1)NC(=O)[C@H](CC1CCCCC1)NC(=O)CCC(=O)O)C(=O)N[C@@H](Cc1c[nH]c2ccccc12)C(=O)N[C@@H](CO)C(N)=O. The van der Waals surface area contributed by atoms with Crippen molar-refractivity contribution >= 4 is 76.0 Å². The van der Waals surface area contributed by atoms with Gasteiger partial charge in [-0.15, -0.1) is 0 Å². The van der Waals surface area contributed by atoms with E-state index in [1.807, 2.05) is 6.07 Å². The molecule has 5 rings (SSSR count). The fourth-order valence-corrected chi connectivity index (χ4v) is 10.1. The molecule has 1 saturated carbocycles. The van der Waals surface area contributed by atoms with Gasteiger partial charge in [-0.3, -0.25) is 52.9 Å². The van der Waals surface area contributed by atoms with Gasteiger partial charge in [0.2, 0.25) is 53.2 Å². The number of aromatic amines is 1. The molecule has 1 aromatic heterocycles. The van der Waals surface area contributed by atoms with E-state index in [0.717, 1.165) is 43.0 Å². The number of aromatic nitrogens is 1. The molecule has 27 nitrogen and oxygen atoms in total. The number of rotatable bonds is 35. The van der Waals surface area contributed by atoms with Crippen molar-refractivity contribution in [2.45, 2.75) is 152 Å². The first kappa shape index (κ1) is 68.7. The van der Waals surface area contributed by atoms with Gasteiger partial charge in [0, 0.05) is 49.3 Å². The molecule has 1 heterocycles. The number of H-pyrrole nitrogens is 1. The highest BCUT2D eigenvalue weighted by Gasteiger charge is 2.36. The third-order valence-electron chi connectivity index (χ3n) is 14.7. The Labute approximate surface area is 503 Å². The van der Waals surface area contributed by atoms with Gasteiger partial charge in [-0.05, 0) is 72.4 Å². The number of nitrogens with one attached hydrogen (secondary N) is 9. The highest BCUT2D eigenvalue weighted by atomic mass is 16.4. The molecule has 3 aromatic carbocycles. The summed E-state index contributed by atoms with van der Waals surface area (Å²) >= 11 is 0. The standard InChI is InChI=1S/C60H83N13O14/c1-34(2)26-43(54(82)71-47(58(86)72-48(32-74)52(61)80)30-38-31-65-41-17-10-9-16-40(38)41)68-56(84)46(29-37-19-21-39(76)22-20-37)69-53(81)42(18-11-25-64-60(62)63)67-59(87)49(33-75)73-57(85)45(28-36-14-7-4-8-15-36)70-55(83)44(27-35-12-5-3-6-13-35)66-50(77)23-24-51(78)79/h4,7-10,14-17,19-22,31,34-35,42-49,65,74-76H,3,5-6,11-13,18,23-30,32-33H2,1-2H3,(H2,61,80)(H,66,77)(H,67,87)(H,68,84)(H,69,81)(H,70,83)(H,71,82)(H,72,86)(H,73,85)(H,78,79)(H4,62,63,64)/t42-,43+,44+,45+,46+,47+,48+,49-/m1/s1. The fraction of sp³-hybridized carbons (Fsp3) is 0.483. The number of carboxylic acids is 1. The van der Waals surface area contributed by atoms with Crippen LogP contribution < -0.4 is 59.7 Å². The molecule has 0 saturated heterocycles. The van der Waals surface area contributed by atoms with Crippen molar-refractivity contribution in [1.82, 2.24) is 47.5 Å². The number of carboxylic acid groups (broad SMARTS) is 1. The fourth-order valence-electron chi connectivity index (χ4n) is 10.1. The molecule has 0 unspecified atom stereocenters.